The van der Waals surface area contributed by atoms with Crippen LogP contribution in [0.1, 0.15) is 18.9 Å². The number of amides is 1. The average molecular weight is 433 g/mol. The van der Waals surface area contributed by atoms with Crippen LogP contribution < -0.4 is 9.62 Å². The summed E-state index contributed by atoms with van der Waals surface area (Å²) in [4.78, 5) is 12.7. The van der Waals surface area contributed by atoms with E-state index < -0.39 is 22.0 Å². The number of anilines is 1. The highest BCUT2D eigenvalue weighted by Crippen LogP contribution is 2.32. The van der Waals surface area contributed by atoms with Crippen LogP contribution in [0.3, 0.4) is 0 Å². The molecule has 2 rings (SSSR count). The topological polar surface area (TPSA) is 66.5 Å². The van der Waals surface area contributed by atoms with Crippen LogP contribution in [-0.2, 0) is 21.4 Å². The van der Waals surface area contributed by atoms with Gasteiger partial charge in [0.2, 0.25) is 15.9 Å². The van der Waals surface area contributed by atoms with Gasteiger partial charge in [-0.2, -0.15) is 0 Å². The Labute approximate surface area is 168 Å². The molecule has 0 heterocycles. The fourth-order valence-electron chi connectivity index (χ4n) is 2.60. The first kappa shape index (κ1) is 21.5. The third-order valence-corrected chi connectivity index (χ3v) is 5.58. The average Bonchev–Trinajstić information content (AvgIpc) is 2.60. The maximum atomic E-state index is 13.0. The predicted molar refractivity (Wildman–Crippen MR) is 106 cm³/mol. The van der Waals surface area contributed by atoms with E-state index in [2.05, 4.69) is 5.32 Å². The first-order valence-corrected chi connectivity index (χ1v) is 10.7. The largest absolute Gasteiger partial charge is 0.350 e. The van der Waals surface area contributed by atoms with E-state index in [0.717, 1.165) is 10.6 Å². The molecule has 0 aliphatic carbocycles. The van der Waals surface area contributed by atoms with E-state index in [4.69, 9.17) is 23.2 Å². The summed E-state index contributed by atoms with van der Waals surface area (Å²) >= 11 is 12.1. The molecule has 0 saturated heterocycles. The minimum atomic E-state index is -3.82. The van der Waals surface area contributed by atoms with E-state index in [1.54, 1.807) is 19.1 Å². The Balaban J connectivity index is 2.30. The number of carbonyl (C=O) groups is 1. The smallest absolute Gasteiger partial charge is 0.244 e. The van der Waals surface area contributed by atoms with Crippen molar-refractivity contribution in [1.82, 2.24) is 5.32 Å². The molecule has 2 aromatic rings. The maximum Gasteiger partial charge on any atom is 0.244 e. The number of benzene rings is 2. The van der Waals surface area contributed by atoms with E-state index in [0.29, 0.717) is 10.6 Å². The molecule has 1 N–H and O–H groups in total. The normalized spacial score (nSPS) is 12.5. The molecule has 2 aromatic carbocycles. The summed E-state index contributed by atoms with van der Waals surface area (Å²) in [7, 11) is -3.82. The van der Waals surface area contributed by atoms with Crippen LogP contribution in [0.25, 0.3) is 0 Å². The van der Waals surface area contributed by atoms with E-state index in [1.807, 2.05) is 0 Å². The van der Waals surface area contributed by atoms with Gasteiger partial charge in [-0.3, -0.25) is 9.10 Å². The highest BCUT2D eigenvalue weighted by atomic mass is 35.5. The van der Waals surface area contributed by atoms with E-state index >= 15 is 0 Å². The lowest BCUT2D eigenvalue weighted by molar-refractivity contribution is -0.122. The Hall–Kier alpha value is -1.83. The first-order valence-electron chi connectivity index (χ1n) is 8.10. The molecule has 27 heavy (non-hydrogen) atoms. The van der Waals surface area contributed by atoms with Gasteiger partial charge in [0.05, 0.1) is 17.0 Å². The van der Waals surface area contributed by atoms with Crippen LogP contribution in [0.15, 0.2) is 42.5 Å². The molecule has 0 aromatic heterocycles. The van der Waals surface area contributed by atoms with Crippen LogP contribution in [0.5, 0.6) is 0 Å². The summed E-state index contributed by atoms with van der Waals surface area (Å²) in [5.74, 6) is -0.876. The van der Waals surface area contributed by atoms with Crippen molar-refractivity contribution in [3.8, 4) is 0 Å². The summed E-state index contributed by atoms with van der Waals surface area (Å²) in [5.41, 5.74) is 0.821. The highest BCUT2D eigenvalue weighted by molar-refractivity contribution is 7.92. The van der Waals surface area contributed by atoms with Crippen LogP contribution >= 0.6 is 23.2 Å². The molecule has 146 valence electrons. The highest BCUT2D eigenvalue weighted by Gasteiger charge is 2.32. The molecule has 1 atom stereocenters. The molecular weight excluding hydrogens is 414 g/mol. The van der Waals surface area contributed by atoms with Gasteiger partial charge < -0.3 is 5.32 Å². The van der Waals surface area contributed by atoms with Gasteiger partial charge >= 0.3 is 0 Å². The number of hydrogen-bond donors (Lipinski definition) is 1. The van der Waals surface area contributed by atoms with Gasteiger partial charge in [-0.05, 0) is 42.3 Å². The van der Waals surface area contributed by atoms with Crippen molar-refractivity contribution in [2.45, 2.75) is 25.9 Å². The fourth-order valence-corrected chi connectivity index (χ4v) is 4.24. The van der Waals surface area contributed by atoms with Gasteiger partial charge in [-0.15, -0.1) is 0 Å². The molecule has 5 nitrogen and oxygen atoms in total. The van der Waals surface area contributed by atoms with Crippen molar-refractivity contribution in [2.75, 3.05) is 10.6 Å². The molecule has 0 fully saturated rings. The van der Waals surface area contributed by atoms with Crippen LogP contribution in [0.4, 0.5) is 10.1 Å². The zero-order valence-corrected chi connectivity index (χ0v) is 17.1. The molecule has 0 aliphatic rings. The summed E-state index contributed by atoms with van der Waals surface area (Å²) in [6.45, 7) is 1.83. The number of nitrogens with zero attached hydrogens (tertiary/aromatic N) is 1. The molecule has 0 bridgehead atoms. The summed E-state index contributed by atoms with van der Waals surface area (Å²) < 4.78 is 38.8. The summed E-state index contributed by atoms with van der Waals surface area (Å²) in [6.07, 6.45) is 1.21. The quantitative estimate of drug-likeness (QED) is 0.718. The Morgan fingerprint density at radius 1 is 1.19 bits per heavy atom. The van der Waals surface area contributed by atoms with Gasteiger partial charge in [0.15, 0.2) is 0 Å². The number of hydrogen-bond acceptors (Lipinski definition) is 3. The van der Waals surface area contributed by atoms with Crippen molar-refractivity contribution in [2.24, 2.45) is 0 Å². The van der Waals surface area contributed by atoms with Gasteiger partial charge in [0.1, 0.15) is 11.9 Å². The SMILES string of the molecule is CC[C@H](C(=O)NCc1ccc(F)cc1)N(c1cc(Cl)ccc1Cl)S(C)(=O)=O. The lowest BCUT2D eigenvalue weighted by Crippen LogP contribution is -2.49. The van der Waals surface area contributed by atoms with Crippen molar-refractivity contribution in [1.29, 1.82) is 0 Å². The van der Waals surface area contributed by atoms with Gasteiger partial charge in [0, 0.05) is 11.6 Å². The zero-order chi connectivity index (χ0) is 20.2. The van der Waals surface area contributed by atoms with Gasteiger partial charge in [-0.25, -0.2) is 12.8 Å². The van der Waals surface area contributed by atoms with Crippen molar-refractivity contribution in [3.05, 3.63) is 63.9 Å². The van der Waals surface area contributed by atoms with E-state index in [9.17, 15) is 17.6 Å². The Morgan fingerprint density at radius 2 is 1.81 bits per heavy atom. The number of carbonyl (C=O) groups excluding carboxylic acids is 1. The maximum absolute atomic E-state index is 13.0. The summed E-state index contributed by atoms with van der Waals surface area (Å²) in [6, 6.07) is 9.04. The fraction of sp³-hybridized carbons (Fsp3) is 0.278. The Bertz CT molecular complexity index is 921. The second-order valence-corrected chi connectivity index (χ2v) is 8.63. The molecule has 1 amide bonds. The molecule has 0 spiro atoms. The Kier molecular flexibility index (Phi) is 7.08. The number of halogens is 3. The molecule has 0 unspecified atom stereocenters. The number of sulfonamides is 1. The monoisotopic (exact) mass is 432 g/mol. The predicted octanol–water partition coefficient (Wildman–Crippen LogP) is 3.99. The lowest BCUT2D eigenvalue weighted by Gasteiger charge is -2.30. The molecular formula is C18H19Cl2FN2O3S. The summed E-state index contributed by atoms with van der Waals surface area (Å²) in [5, 5.41) is 3.14. The van der Waals surface area contributed by atoms with E-state index in [1.165, 1.54) is 30.3 Å². The van der Waals surface area contributed by atoms with Crippen molar-refractivity contribution >= 4 is 44.8 Å². The van der Waals surface area contributed by atoms with E-state index in [-0.39, 0.29) is 29.5 Å². The molecule has 9 heteroatoms. The minimum Gasteiger partial charge on any atom is -0.350 e. The van der Waals surface area contributed by atoms with Crippen LogP contribution in [0, 0.1) is 5.82 Å². The third-order valence-electron chi connectivity index (χ3n) is 3.86. The molecule has 0 saturated carbocycles. The van der Waals surface area contributed by atoms with Gasteiger partial charge in [-0.1, -0.05) is 42.3 Å². The molecule has 0 radical (unpaired) electrons. The molecule has 0 aliphatic heterocycles. The van der Waals surface area contributed by atoms with Crippen LogP contribution in [0.2, 0.25) is 10.0 Å². The van der Waals surface area contributed by atoms with Crippen LogP contribution in [-0.4, -0.2) is 26.6 Å². The number of nitrogens with one attached hydrogen (secondary N) is 1. The lowest BCUT2D eigenvalue weighted by atomic mass is 10.1. The second kappa shape index (κ2) is 8.91. The zero-order valence-electron chi connectivity index (χ0n) is 14.7. The minimum absolute atomic E-state index is 0.135. The Morgan fingerprint density at radius 3 is 2.37 bits per heavy atom. The second-order valence-electron chi connectivity index (χ2n) is 5.92. The van der Waals surface area contributed by atoms with Gasteiger partial charge in [0.25, 0.3) is 0 Å². The standard InChI is InChI=1S/C18H19Cl2FN2O3S/c1-3-16(18(24)22-11-12-4-7-14(21)8-5-12)23(27(2,25)26)17-10-13(19)6-9-15(17)20/h4-10,16H,3,11H2,1-2H3,(H,22,24)/t16-/m1/s1. The van der Waals surface area contributed by atoms with Crippen molar-refractivity contribution in [3.63, 3.8) is 0 Å². The number of rotatable bonds is 7. The third kappa shape index (κ3) is 5.57. The first-order chi connectivity index (χ1) is 12.6. The van der Waals surface area contributed by atoms with Crippen molar-refractivity contribution < 1.29 is 17.6 Å².